The molecule has 34 heavy (non-hydrogen) atoms. The first-order chi connectivity index (χ1) is 16.0. The van der Waals surface area contributed by atoms with Gasteiger partial charge in [0.05, 0.1) is 6.04 Å². The Bertz CT molecular complexity index is 850. The highest BCUT2D eigenvalue weighted by atomic mass is 16.6. The summed E-state index contributed by atoms with van der Waals surface area (Å²) in [6.07, 6.45) is 3.09. The normalized spacial score (nSPS) is 17.6. The van der Waals surface area contributed by atoms with Gasteiger partial charge in [-0.1, -0.05) is 43.7 Å². The number of ether oxygens (including phenoxy) is 1. The van der Waals surface area contributed by atoms with Gasteiger partial charge in [-0.05, 0) is 58.9 Å². The van der Waals surface area contributed by atoms with Crippen molar-refractivity contribution in [2.45, 2.75) is 96.9 Å². The molecule has 1 fully saturated rings. The number of hydrogen-bond donors (Lipinski definition) is 2. The molecule has 1 aromatic carbocycles. The van der Waals surface area contributed by atoms with Gasteiger partial charge < -0.3 is 15.4 Å². The average Bonchev–Trinajstić information content (AvgIpc) is 3.27. The molecule has 1 aromatic rings. The lowest BCUT2D eigenvalue weighted by molar-refractivity contribution is -0.132. The van der Waals surface area contributed by atoms with E-state index in [1.54, 1.807) is 27.7 Å². The van der Waals surface area contributed by atoms with Crippen LogP contribution in [0.15, 0.2) is 30.3 Å². The number of benzene rings is 1. The zero-order valence-electron chi connectivity index (χ0n) is 21.1. The van der Waals surface area contributed by atoms with E-state index in [1.807, 2.05) is 37.3 Å². The van der Waals surface area contributed by atoms with Crippen molar-refractivity contribution in [3.8, 4) is 0 Å². The van der Waals surface area contributed by atoms with E-state index in [9.17, 15) is 19.2 Å². The molecule has 2 rings (SSSR count). The quantitative estimate of drug-likeness (QED) is 0.542. The predicted octanol–water partition coefficient (Wildman–Crippen LogP) is 3.38. The van der Waals surface area contributed by atoms with E-state index in [2.05, 4.69) is 10.6 Å². The van der Waals surface area contributed by atoms with Gasteiger partial charge in [0, 0.05) is 13.0 Å². The number of likely N-dealkylation sites (tertiary alicyclic amines) is 1. The van der Waals surface area contributed by atoms with Crippen molar-refractivity contribution in [1.29, 1.82) is 0 Å². The minimum absolute atomic E-state index is 0.0236. The Labute approximate surface area is 202 Å². The first-order valence-electron chi connectivity index (χ1n) is 12.2. The van der Waals surface area contributed by atoms with Gasteiger partial charge in [-0.2, -0.15) is 0 Å². The fraction of sp³-hybridized carbons (Fsp3) is 0.615. The van der Waals surface area contributed by atoms with Crippen LogP contribution in [0.3, 0.4) is 0 Å². The molecule has 3 atom stereocenters. The number of carbonyl (C=O) groups is 4. The molecule has 3 amide bonds. The summed E-state index contributed by atoms with van der Waals surface area (Å²) >= 11 is 0. The van der Waals surface area contributed by atoms with Crippen LogP contribution in [0.2, 0.25) is 0 Å². The molecule has 1 heterocycles. The summed E-state index contributed by atoms with van der Waals surface area (Å²) in [6, 6.07) is 7.33. The molecule has 8 heteroatoms. The lowest BCUT2D eigenvalue weighted by Crippen LogP contribution is -2.54. The molecule has 0 radical (unpaired) electrons. The minimum atomic E-state index is -0.856. The van der Waals surface area contributed by atoms with E-state index in [4.69, 9.17) is 4.74 Å². The third kappa shape index (κ3) is 8.47. The van der Waals surface area contributed by atoms with Crippen molar-refractivity contribution >= 4 is 23.7 Å². The molecule has 0 saturated carbocycles. The SMILES string of the molecule is CCCCC(=O)C(Cc1ccccc1)NC(=O)C(C)NC(=O)C1CCCN1C(=O)OC(C)(C)C. The van der Waals surface area contributed by atoms with Gasteiger partial charge in [-0.3, -0.25) is 19.3 Å². The molecule has 1 aliphatic rings. The lowest BCUT2D eigenvalue weighted by atomic mass is 9.98. The first-order valence-corrected chi connectivity index (χ1v) is 12.2. The zero-order chi connectivity index (χ0) is 25.3. The molecule has 0 spiro atoms. The smallest absolute Gasteiger partial charge is 0.410 e. The summed E-state index contributed by atoms with van der Waals surface area (Å²) in [6.45, 7) is 9.34. The lowest BCUT2D eigenvalue weighted by Gasteiger charge is -2.28. The van der Waals surface area contributed by atoms with Crippen LogP contribution < -0.4 is 10.6 Å². The van der Waals surface area contributed by atoms with Gasteiger partial charge in [0.25, 0.3) is 0 Å². The highest BCUT2D eigenvalue weighted by Gasteiger charge is 2.37. The zero-order valence-corrected chi connectivity index (χ0v) is 21.1. The largest absolute Gasteiger partial charge is 0.444 e. The van der Waals surface area contributed by atoms with Crippen molar-refractivity contribution in [3.05, 3.63) is 35.9 Å². The van der Waals surface area contributed by atoms with Crippen LogP contribution in [0.4, 0.5) is 4.79 Å². The maximum absolute atomic E-state index is 12.9. The number of unbranched alkanes of at least 4 members (excludes halogenated alkanes) is 1. The Balaban J connectivity index is 2.00. The Kier molecular flexibility index (Phi) is 10.1. The minimum Gasteiger partial charge on any atom is -0.444 e. The van der Waals surface area contributed by atoms with E-state index in [-0.39, 0.29) is 5.78 Å². The molecular formula is C26H39N3O5. The number of amides is 3. The van der Waals surface area contributed by atoms with Crippen molar-refractivity contribution in [2.75, 3.05) is 6.54 Å². The second kappa shape index (κ2) is 12.5. The van der Waals surface area contributed by atoms with Crippen LogP contribution in [0.1, 0.15) is 72.3 Å². The average molecular weight is 474 g/mol. The number of nitrogens with one attached hydrogen (secondary N) is 2. The van der Waals surface area contributed by atoms with E-state index in [0.29, 0.717) is 32.2 Å². The van der Waals surface area contributed by atoms with Crippen molar-refractivity contribution in [3.63, 3.8) is 0 Å². The van der Waals surface area contributed by atoms with Crippen LogP contribution in [0.5, 0.6) is 0 Å². The van der Waals surface area contributed by atoms with Gasteiger partial charge in [0.2, 0.25) is 11.8 Å². The fourth-order valence-electron chi connectivity index (χ4n) is 3.87. The topological polar surface area (TPSA) is 105 Å². The van der Waals surface area contributed by atoms with Gasteiger partial charge >= 0.3 is 6.09 Å². The monoisotopic (exact) mass is 473 g/mol. The molecule has 8 nitrogen and oxygen atoms in total. The Morgan fingerprint density at radius 1 is 1.12 bits per heavy atom. The summed E-state index contributed by atoms with van der Waals surface area (Å²) in [5.74, 6) is -0.853. The Morgan fingerprint density at radius 2 is 1.79 bits per heavy atom. The number of nitrogens with zero attached hydrogens (tertiary/aromatic N) is 1. The van der Waals surface area contributed by atoms with E-state index in [1.165, 1.54) is 4.90 Å². The summed E-state index contributed by atoms with van der Waals surface area (Å²) in [4.78, 5) is 52.4. The summed E-state index contributed by atoms with van der Waals surface area (Å²) < 4.78 is 5.41. The van der Waals surface area contributed by atoms with Gasteiger partial charge in [0.1, 0.15) is 17.7 Å². The number of hydrogen-bond acceptors (Lipinski definition) is 5. The number of carbonyl (C=O) groups excluding carboxylic acids is 4. The molecule has 1 aliphatic heterocycles. The van der Waals surface area contributed by atoms with Crippen LogP contribution in [0, 0.1) is 0 Å². The van der Waals surface area contributed by atoms with Crippen LogP contribution in [-0.2, 0) is 25.5 Å². The standard InChI is InChI=1S/C26H39N3O5/c1-6-7-15-22(30)20(17-19-12-9-8-10-13-19)28-23(31)18(2)27-24(32)21-14-11-16-29(21)25(33)34-26(3,4)5/h8-10,12-13,18,20-21H,6-7,11,14-17H2,1-5H3,(H,27,32)(H,28,31). The van der Waals surface area contributed by atoms with Crippen molar-refractivity contribution in [2.24, 2.45) is 0 Å². The highest BCUT2D eigenvalue weighted by molar-refractivity contribution is 5.94. The molecule has 2 N–H and O–H groups in total. The molecule has 0 bridgehead atoms. The summed E-state index contributed by atoms with van der Waals surface area (Å²) in [5.41, 5.74) is 0.291. The fourth-order valence-corrected chi connectivity index (χ4v) is 3.87. The highest BCUT2D eigenvalue weighted by Crippen LogP contribution is 2.21. The van der Waals surface area contributed by atoms with E-state index < -0.39 is 41.6 Å². The maximum atomic E-state index is 12.9. The van der Waals surface area contributed by atoms with Gasteiger partial charge in [-0.15, -0.1) is 0 Å². The van der Waals surface area contributed by atoms with E-state index >= 15 is 0 Å². The van der Waals surface area contributed by atoms with Crippen LogP contribution >= 0.6 is 0 Å². The molecule has 3 unspecified atom stereocenters. The third-order valence-electron chi connectivity index (χ3n) is 5.70. The molecule has 0 aliphatic carbocycles. The predicted molar refractivity (Wildman–Crippen MR) is 130 cm³/mol. The number of ketones is 1. The number of Topliss-reactive ketones (excluding diaryl/α,β-unsaturated/α-hetero) is 1. The van der Waals surface area contributed by atoms with Crippen LogP contribution in [-0.4, -0.2) is 58.9 Å². The molecular weight excluding hydrogens is 434 g/mol. The maximum Gasteiger partial charge on any atom is 0.410 e. The summed E-state index contributed by atoms with van der Waals surface area (Å²) in [5, 5.41) is 5.54. The van der Waals surface area contributed by atoms with Crippen LogP contribution in [0.25, 0.3) is 0 Å². The number of rotatable bonds is 10. The van der Waals surface area contributed by atoms with Gasteiger partial charge in [0.15, 0.2) is 5.78 Å². The molecule has 188 valence electrons. The third-order valence-corrected chi connectivity index (χ3v) is 5.70. The Morgan fingerprint density at radius 3 is 2.41 bits per heavy atom. The molecule has 0 aromatic heterocycles. The second-order valence-electron chi connectivity index (χ2n) is 9.88. The van der Waals surface area contributed by atoms with E-state index in [0.717, 1.165) is 18.4 Å². The van der Waals surface area contributed by atoms with Gasteiger partial charge in [-0.25, -0.2) is 4.79 Å². The first kappa shape index (κ1) is 27.3. The Hall–Kier alpha value is -2.90. The molecule has 1 saturated heterocycles. The second-order valence-corrected chi connectivity index (χ2v) is 9.88. The van der Waals surface area contributed by atoms with Crippen molar-refractivity contribution in [1.82, 2.24) is 15.5 Å². The van der Waals surface area contributed by atoms with Crippen molar-refractivity contribution < 1.29 is 23.9 Å². The summed E-state index contributed by atoms with van der Waals surface area (Å²) in [7, 11) is 0.